The number of esters is 1. The van der Waals surface area contributed by atoms with Crippen molar-refractivity contribution in [3.8, 4) is 16.9 Å². The fourth-order valence-electron chi connectivity index (χ4n) is 3.33. The molecule has 1 N–H and O–H groups in total. The molecule has 40 heavy (non-hydrogen) atoms. The van der Waals surface area contributed by atoms with E-state index in [1.54, 1.807) is 37.6 Å². The van der Waals surface area contributed by atoms with E-state index in [9.17, 15) is 23.2 Å². The molecule has 0 unspecified atom stereocenters. The van der Waals surface area contributed by atoms with Gasteiger partial charge in [0.15, 0.2) is 6.54 Å². The van der Waals surface area contributed by atoms with Crippen molar-refractivity contribution >= 4 is 21.9 Å². The van der Waals surface area contributed by atoms with Crippen LogP contribution in [-0.2, 0) is 29.2 Å². The highest BCUT2D eigenvalue weighted by Crippen LogP contribution is 2.25. The van der Waals surface area contributed by atoms with Crippen molar-refractivity contribution in [2.24, 2.45) is 10.7 Å². The van der Waals surface area contributed by atoms with Crippen LogP contribution >= 0.6 is 0 Å². The van der Waals surface area contributed by atoms with E-state index in [0.29, 0.717) is 5.69 Å². The number of rotatable bonds is 10. The molecule has 0 atom stereocenters. The molecule has 0 radical (unpaired) electrons. The normalized spacial score (nSPS) is 12.1. The van der Waals surface area contributed by atoms with Crippen LogP contribution in [0.4, 0.5) is 0 Å². The SMILES string of the molecule is Cc1ccc(-c2cc(C)nn2-c2ccc(S(=O)(=O)NC(=O)CN(C)/[N+]([O-])=N/OCOC(=O)C(C)(C)C)cc2)cc1. The number of benzene rings is 2. The van der Waals surface area contributed by atoms with Gasteiger partial charge in [-0.15, -0.1) is 5.01 Å². The van der Waals surface area contributed by atoms with Crippen molar-refractivity contribution in [3.63, 3.8) is 0 Å². The van der Waals surface area contributed by atoms with Crippen LogP contribution in [0.15, 0.2) is 64.8 Å². The third-order valence-electron chi connectivity index (χ3n) is 5.47. The third-order valence-corrected chi connectivity index (χ3v) is 6.86. The van der Waals surface area contributed by atoms with Gasteiger partial charge in [0.2, 0.25) is 5.28 Å². The van der Waals surface area contributed by atoms with Crippen LogP contribution in [0.2, 0.25) is 0 Å². The van der Waals surface area contributed by atoms with E-state index in [-0.39, 0.29) is 9.87 Å². The van der Waals surface area contributed by atoms with Crippen LogP contribution in [0.1, 0.15) is 32.0 Å². The van der Waals surface area contributed by atoms with Crippen LogP contribution in [0, 0.1) is 24.5 Å². The van der Waals surface area contributed by atoms with E-state index < -0.39 is 40.7 Å². The standard InChI is InChI=1S/C26H32N6O7S/c1-18-7-9-20(10-8-18)23-15-19(2)27-31(23)21-11-13-22(14-12-21)40(36,37)28-24(33)16-30(6)32(35)29-39-17-38-25(34)26(3,4)5/h7-15H,16-17H2,1-6H3,(H,28,33)/b32-29-. The topological polar surface area (TPSA) is 158 Å². The van der Waals surface area contributed by atoms with Crippen LogP contribution < -0.4 is 4.72 Å². The number of nitrogens with one attached hydrogen (secondary N) is 1. The predicted octanol–water partition coefficient (Wildman–Crippen LogP) is 3.25. The number of aryl methyl sites for hydroxylation is 2. The Kier molecular flexibility index (Phi) is 9.14. The Hall–Kier alpha value is -4.46. The molecular weight excluding hydrogens is 540 g/mol. The van der Waals surface area contributed by atoms with E-state index in [1.807, 2.05) is 48.9 Å². The van der Waals surface area contributed by atoms with Crippen molar-refractivity contribution in [1.82, 2.24) is 19.5 Å². The van der Waals surface area contributed by atoms with Gasteiger partial charge in [-0.2, -0.15) is 5.10 Å². The molecule has 214 valence electrons. The summed E-state index contributed by atoms with van der Waals surface area (Å²) in [6.07, 6.45) is 0. The molecule has 3 aromatic rings. The molecule has 0 aliphatic rings. The molecule has 14 heteroatoms. The zero-order valence-corrected chi connectivity index (χ0v) is 23.9. The summed E-state index contributed by atoms with van der Waals surface area (Å²) in [7, 11) is -3.04. The second-order valence-electron chi connectivity index (χ2n) is 10.1. The van der Waals surface area contributed by atoms with E-state index >= 15 is 0 Å². The zero-order valence-electron chi connectivity index (χ0n) is 23.1. The number of likely N-dealkylation sites (N-methyl/N-ethyl adjacent to an activating group) is 1. The Morgan fingerprint density at radius 1 is 1.10 bits per heavy atom. The number of amides is 1. The molecule has 0 aliphatic carbocycles. The highest BCUT2D eigenvalue weighted by Gasteiger charge is 2.24. The number of aromatic nitrogens is 2. The molecule has 1 heterocycles. The van der Waals surface area contributed by atoms with Gasteiger partial charge in [0, 0.05) is 5.56 Å². The first-order valence-corrected chi connectivity index (χ1v) is 13.6. The number of carbonyl (C=O) groups is 2. The van der Waals surface area contributed by atoms with Crippen molar-refractivity contribution in [2.45, 2.75) is 39.5 Å². The van der Waals surface area contributed by atoms with Crippen molar-refractivity contribution in [2.75, 3.05) is 20.4 Å². The molecule has 0 aliphatic heterocycles. The maximum Gasteiger partial charge on any atom is 0.314 e. The minimum atomic E-state index is -4.23. The summed E-state index contributed by atoms with van der Waals surface area (Å²) in [6, 6.07) is 15.8. The summed E-state index contributed by atoms with van der Waals surface area (Å²) < 4.78 is 33.9. The number of nitrogens with zero attached hydrogens (tertiary/aromatic N) is 5. The lowest BCUT2D eigenvalue weighted by Gasteiger charge is -2.15. The first kappa shape index (κ1) is 30.1. The Morgan fingerprint density at radius 3 is 2.33 bits per heavy atom. The molecule has 0 spiro atoms. The van der Waals surface area contributed by atoms with E-state index in [0.717, 1.165) is 27.5 Å². The van der Waals surface area contributed by atoms with Gasteiger partial charge in [-0.1, -0.05) is 29.8 Å². The Bertz CT molecular complexity index is 1490. The number of hydrogen-bond acceptors (Lipinski definition) is 9. The lowest BCUT2D eigenvalue weighted by Crippen LogP contribution is -2.40. The van der Waals surface area contributed by atoms with E-state index in [1.165, 1.54) is 19.2 Å². The number of carbonyl (C=O) groups excluding carboxylic acids is 2. The largest absolute Gasteiger partial charge is 0.569 e. The van der Waals surface area contributed by atoms with Gasteiger partial charge in [0.25, 0.3) is 22.7 Å². The van der Waals surface area contributed by atoms with E-state index in [2.05, 4.69) is 15.2 Å². The molecule has 1 aromatic heterocycles. The molecule has 0 saturated carbocycles. The second-order valence-corrected chi connectivity index (χ2v) is 11.7. The number of ether oxygens (including phenoxy) is 1. The Balaban J connectivity index is 1.62. The maximum atomic E-state index is 12.8. The molecule has 13 nitrogen and oxygen atoms in total. The lowest BCUT2D eigenvalue weighted by molar-refractivity contribution is -0.704. The molecule has 2 aromatic carbocycles. The average molecular weight is 573 g/mol. The molecule has 3 rings (SSSR count). The van der Waals surface area contributed by atoms with Gasteiger partial charge in [0.1, 0.15) is 0 Å². The molecule has 0 bridgehead atoms. The average Bonchev–Trinajstić information content (AvgIpc) is 3.27. The van der Waals surface area contributed by atoms with Gasteiger partial charge < -0.3 is 14.8 Å². The van der Waals surface area contributed by atoms with Gasteiger partial charge in [-0.3, -0.25) is 9.59 Å². The van der Waals surface area contributed by atoms with Crippen LogP contribution in [0.25, 0.3) is 16.9 Å². The summed E-state index contributed by atoms with van der Waals surface area (Å²) in [6.45, 7) is 7.53. The highest BCUT2D eigenvalue weighted by molar-refractivity contribution is 7.90. The lowest BCUT2D eigenvalue weighted by atomic mass is 9.98. The quantitative estimate of drug-likeness (QED) is 0.0961. The summed E-state index contributed by atoms with van der Waals surface area (Å²) in [4.78, 5) is 28.4. The summed E-state index contributed by atoms with van der Waals surface area (Å²) in [5.74, 6) is -1.54. The molecule has 0 fully saturated rings. The second kappa shape index (κ2) is 12.2. The van der Waals surface area contributed by atoms with Gasteiger partial charge >= 0.3 is 5.97 Å². The van der Waals surface area contributed by atoms with Gasteiger partial charge in [-0.05, 0) is 65.0 Å². The highest BCUT2D eigenvalue weighted by atomic mass is 32.2. The fraction of sp³-hybridized carbons (Fsp3) is 0.346. The number of hydrazine groups is 1. The summed E-state index contributed by atoms with van der Waals surface area (Å²) in [5.41, 5.74) is 3.58. The number of sulfonamides is 1. The van der Waals surface area contributed by atoms with Gasteiger partial charge in [-0.25, -0.2) is 17.8 Å². The first-order valence-electron chi connectivity index (χ1n) is 12.2. The van der Waals surface area contributed by atoms with Crippen molar-refractivity contribution in [3.05, 3.63) is 71.1 Å². The zero-order chi connectivity index (χ0) is 29.7. The van der Waals surface area contributed by atoms with Crippen molar-refractivity contribution in [1.29, 1.82) is 0 Å². The molecule has 1 amide bonds. The summed E-state index contributed by atoms with van der Waals surface area (Å²) in [5, 5.41) is 20.4. The molecule has 0 saturated heterocycles. The fourth-order valence-corrected chi connectivity index (χ4v) is 4.31. The Labute approximate surface area is 232 Å². The van der Waals surface area contributed by atoms with Gasteiger partial charge in [0.05, 0.1) is 39.4 Å². The smallest absolute Gasteiger partial charge is 0.314 e. The van der Waals surface area contributed by atoms with Crippen LogP contribution in [-0.4, -0.2) is 60.4 Å². The number of hydrogen-bond donors (Lipinski definition) is 1. The maximum absolute atomic E-state index is 12.8. The minimum absolute atomic E-state index is 0.0797. The first-order chi connectivity index (χ1) is 18.7. The third kappa shape index (κ3) is 7.79. The summed E-state index contributed by atoms with van der Waals surface area (Å²) >= 11 is 0. The minimum Gasteiger partial charge on any atom is -0.569 e. The van der Waals surface area contributed by atoms with Crippen LogP contribution in [0.3, 0.4) is 0 Å². The Morgan fingerprint density at radius 2 is 1.73 bits per heavy atom. The van der Waals surface area contributed by atoms with Crippen molar-refractivity contribution < 1.29 is 32.6 Å². The molecular formula is C26H32N6O7S. The monoisotopic (exact) mass is 572 g/mol. The van der Waals surface area contributed by atoms with Crippen LogP contribution in [0.5, 0.6) is 0 Å². The predicted molar refractivity (Wildman–Crippen MR) is 144 cm³/mol. The van der Waals surface area contributed by atoms with E-state index in [4.69, 9.17) is 4.74 Å².